The number of halogens is 1. The molecule has 3 heterocycles. The van der Waals surface area contributed by atoms with Crippen molar-refractivity contribution < 1.29 is 14.0 Å². The number of hydrogen-bond acceptors (Lipinski definition) is 6. The minimum absolute atomic E-state index is 0.222. The van der Waals surface area contributed by atoms with Crippen LogP contribution in [0.3, 0.4) is 0 Å². The number of anilines is 2. The standard InChI is InChI=1S/C29H25ClN4O3S/c1-15-6-11-21(16(2)13-15)34-27(35)22-17(3)33-29-24(23(22)18-7-9-19(30)10-8-18)25(31)26(38-29)28(36)32-14-20-5-4-12-37-20/h4-13H,14,31H2,1-3H3,(H,32,36)(H,34,35). The second-order valence-corrected chi connectivity index (χ2v) is 10.4. The first-order valence-corrected chi connectivity index (χ1v) is 13.1. The average molecular weight is 545 g/mol. The Bertz CT molecular complexity index is 1680. The van der Waals surface area contributed by atoms with Gasteiger partial charge in [0.05, 0.1) is 29.8 Å². The highest BCUT2D eigenvalue weighted by atomic mass is 35.5. The molecule has 0 radical (unpaired) electrons. The molecule has 3 aromatic heterocycles. The van der Waals surface area contributed by atoms with E-state index in [1.807, 2.05) is 44.2 Å². The van der Waals surface area contributed by atoms with Gasteiger partial charge in [-0.1, -0.05) is 41.4 Å². The minimum Gasteiger partial charge on any atom is -0.467 e. The largest absolute Gasteiger partial charge is 0.467 e. The van der Waals surface area contributed by atoms with Gasteiger partial charge in [-0.2, -0.15) is 0 Å². The van der Waals surface area contributed by atoms with Crippen LogP contribution in [-0.4, -0.2) is 16.8 Å². The van der Waals surface area contributed by atoms with Crippen LogP contribution < -0.4 is 16.4 Å². The lowest BCUT2D eigenvalue weighted by Crippen LogP contribution is -2.22. The van der Waals surface area contributed by atoms with Crippen LogP contribution in [0.2, 0.25) is 5.02 Å². The van der Waals surface area contributed by atoms with Crippen LogP contribution in [0.1, 0.15) is 42.6 Å². The molecule has 0 atom stereocenters. The molecule has 0 unspecified atom stereocenters. The molecule has 7 nitrogen and oxygen atoms in total. The second-order valence-electron chi connectivity index (χ2n) is 9.01. The molecular formula is C29H25ClN4O3S. The monoisotopic (exact) mass is 544 g/mol. The SMILES string of the molecule is Cc1ccc(NC(=O)c2c(C)nc3sc(C(=O)NCc4ccco4)c(N)c3c2-c2ccc(Cl)cc2)c(C)c1. The van der Waals surface area contributed by atoms with Crippen molar-refractivity contribution in [1.29, 1.82) is 0 Å². The molecule has 0 saturated heterocycles. The number of benzene rings is 2. The number of nitrogens with one attached hydrogen (secondary N) is 2. The molecule has 0 saturated carbocycles. The smallest absolute Gasteiger partial charge is 0.263 e. The molecule has 2 aromatic carbocycles. The Kier molecular flexibility index (Phi) is 6.93. The van der Waals surface area contributed by atoms with Crippen LogP contribution in [0.25, 0.3) is 21.3 Å². The van der Waals surface area contributed by atoms with E-state index in [4.69, 9.17) is 26.7 Å². The van der Waals surface area contributed by atoms with Crippen molar-refractivity contribution in [3.8, 4) is 11.1 Å². The second kappa shape index (κ2) is 10.3. The third-order valence-electron chi connectivity index (χ3n) is 6.26. The van der Waals surface area contributed by atoms with E-state index >= 15 is 0 Å². The quantitative estimate of drug-likeness (QED) is 0.215. The van der Waals surface area contributed by atoms with Crippen LogP contribution in [0.15, 0.2) is 65.3 Å². The lowest BCUT2D eigenvalue weighted by atomic mass is 9.94. The molecule has 0 spiro atoms. The van der Waals surface area contributed by atoms with Gasteiger partial charge in [-0.25, -0.2) is 4.98 Å². The lowest BCUT2D eigenvalue weighted by molar-refractivity contribution is 0.0952. The molecule has 0 bridgehead atoms. The van der Waals surface area contributed by atoms with Gasteiger partial charge in [-0.15, -0.1) is 11.3 Å². The number of rotatable bonds is 6. The first-order chi connectivity index (χ1) is 18.2. The summed E-state index contributed by atoms with van der Waals surface area (Å²) in [5.74, 6) is -0.0367. The van der Waals surface area contributed by atoms with Gasteiger partial charge in [0.15, 0.2) is 0 Å². The third-order valence-corrected chi connectivity index (χ3v) is 7.61. The summed E-state index contributed by atoms with van der Waals surface area (Å²) in [5.41, 5.74) is 11.9. The Balaban J connectivity index is 1.64. The molecule has 2 amide bonds. The number of pyridine rings is 1. The number of carbonyl (C=O) groups is 2. The maximum absolute atomic E-state index is 13.8. The first kappa shape index (κ1) is 25.5. The van der Waals surface area contributed by atoms with Crippen LogP contribution in [0, 0.1) is 20.8 Å². The number of nitrogens with zero attached hydrogens (tertiary/aromatic N) is 1. The summed E-state index contributed by atoms with van der Waals surface area (Å²) in [6.07, 6.45) is 1.55. The number of thiophene rings is 1. The highest BCUT2D eigenvalue weighted by Crippen LogP contribution is 2.42. The fourth-order valence-electron chi connectivity index (χ4n) is 4.42. The molecule has 4 N–H and O–H groups in total. The number of hydrogen-bond donors (Lipinski definition) is 3. The third kappa shape index (κ3) is 4.88. The summed E-state index contributed by atoms with van der Waals surface area (Å²) in [7, 11) is 0. The summed E-state index contributed by atoms with van der Waals surface area (Å²) in [6, 6.07) is 16.5. The number of furan rings is 1. The fourth-order valence-corrected chi connectivity index (χ4v) is 5.61. The molecule has 0 aliphatic carbocycles. The van der Waals surface area contributed by atoms with Gasteiger partial charge >= 0.3 is 0 Å². The van der Waals surface area contributed by atoms with Crippen LogP contribution in [0.5, 0.6) is 0 Å². The normalized spacial score (nSPS) is 11.1. The van der Waals surface area contributed by atoms with Crippen LogP contribution in [0.4, 0.5) is 11.4 Å². The zero-order chi connectivity index (χ0) is 27.0. The molecule has 0 aliphatic heterocycles. The zero-order valence-electron chi connectivity index (χ0n) is 21.0. The van der Waals surface area contributed by atoms with Gasteiger partial charge in [0.2, 0.25) is 0 Å². The molecule has 0 aliphatic rings. The predicted octanol–water partition coefficient (Wildman–Crippen LogP) is 6.90. The number of carbonyl (C=O) groups excluding carboxylic acids is 2. The number of nitrogen functional groups attached to an aromatic ring is 1. The molecule has 38 heavy (non-hydrogen) atoms. The van der Waals surface area contributed by atoms with E-state index in [0.29, 0.717) is 48.4 Å². The highest BCUT2D eigenvalue weighted by Gasteiger charge is 2.27. The summed E-state index contributed by atoms with van der Waals surface area (Å²) >= 11 is 7.35. The van der Waals surface area contributed by atoms with Crippen molar-refractivity contribution in [3.05, 3.63) is 98.9 Å². The number of aromatic nitrogens is 1. The van der Waals surface area contributed by atoms with Crippen LogP contribution in [-0.2, 0) is 6.54 Å². The predicted molar refractivity (Wildman–Crippen MR) is 153 cm³/mol. The maximum atomic E-state index is 13.8. The molecule has 9 heteroatoms. The number of fused-ring (bicyclic) bond motifs is 1. The zero-order valence-corrected chi connectivity index (χ0v) is 22.6. The van der Waals surface area contributed by atoms with Crippen molar-refractivity contribution in [2.45, 2.75) is 27.3 Å². The summed E-state index contributed by atoms with van der Waals surface area (Å²) in [4.78, 5) is 32.4. The van der Waals surface area contributed by atoms with Crippen LogP contribution >= 0.6 is 22.9 Å². The Labute approximate surface area is 228 Å². The van der Waals surface area contributed by atoms with E-state index in [2.05, 4.69) is 10.6 Å². The van der Waals surface area contributed by atoms with E-state index < -0.39 is 0 Å². The molecular weight excluding hydrogens is 520 g/mol. The molecule has 5 rings (SSSR count). The molecule has 192 valence electrons. The van der Waals surface area contributed by atoms with Crippen molar-refractivity contribution in [2.75, 3.05) is 11.1 Å². The van der Waals surface area contributed by atoms with Gasteiger partial charge in [0.25, 0.3) is 11.8 Å². The Morgan fingerprint density at radius 3 is 2.50 bits per heavy atom. The van der Waals surface area contributed by atoms with Crippen molar-refractivity contribution in [2.24, 2.45) is 0 Å². The van der Waals surface area contributed by atoms with Crippen molar-refractivity contribution in [3.63, 3.8) is 0 Å². The van der Waals surface area contributed by atoms with Crippen molar-refractivity contribution in [1.82, 2.24) is 10.3 Å². The maximum Gasteiger partial charge on any atom is 0.263 e. The topological polar surface area (TPSA) is 110 Å². The van der Waals surface area contributed by atoms with Crippen molar-refractivity contribution >= 4 is 56.3 Å². The summed E-state index contributed by atoms with van der Waals surface area (Å²) in [6.45, 7) is 5.95. The van der Waals surface area contributed by atoms with E-state index in [0.717, 1.165) is 16.7 Å². The lowest BCUT2D eigenvalue weighted by Gasteiger charge is -2.16. The summed E-state index contributed by atoms with van der Waals surface area (Å²) < 4.78 is 5.31. The number of aryl methyl sites for hydroxylation is 3. The average Bonchev–Trinajstić information content (AvgIpc) is 3.52. The minimum atomic E-state index is -0.345. The summed E-state index contributed by atoms with van der Waals surface area (Å²) in [5, 5.41) is 6.99. The van der Waals surface area contributed by atoms with Gasteiger partial charge < -0.3 is 20.8 Å². The molecule has 0 fully saturated rings. The van der Waals surface area contributed by atoms with E-state index in [-0.39, 0.29) is 24.0 Å². The van der Waals surface area contributed by atoms with E-state index in [1.54, 1.807) is 37.5 Å². The highest BCUT2D eigenvalue weighted by molar-refractivity contribution is 7.21. The van der Waals surface area contributed by atoms with E-state index in [1.165, 1.54) is 11.3 Å². The first-order valence-electron chi connectivity index (χ1n) is 11.9. The molecule has 5 aromatic rings. The van der Waals surface area contributed by atoms with Gasteiger partial charge in [-0.05, 0) is 62.2 Å². The van der Waals surface area contributed by atoms with Gasteiger partial charge in [0, 0.05) is 21.7 Å². The Morgan fingerprint density at radius 2 is 1.82 bits per heavy atom. The van der Waals surface area contributed by atoms with E-state index in [9.17, 15) is 9.59 Å². The van der Waals surface area contributed by atoms with Gasteiger partial charge in [0.1, 0.15) is 15.5 Å². The fraction of sp³-hybridized carbons (Fsp3) is 0.138. The Hall–Kier alpha value is -4.14. The number of amides is 2. The number of nitrogens with two attached hydrogens (primary N) is 1. The Morgan fingerprint density at radius 1 is 1.05 bits per heavy atom. The van der Waals surface area contributed by atoms with Gasteiger partial charge in [-0.3, -0.25) is 9.59 Å².